The van der Waals surface area contributed by atoms with Gasteiger partial charge in [-0.2, -0.15) is 0 Å². The van der Waals surface area contributed by atoms with Gasteiger partial charge in [0.15, 0.2) is 6.61 Å². The van der Waals surface area contributed by atoms with Crippen molar-refractivity contribution in [3.05, 3.63) is 16.0 Å². The first-order valence-electron chi connectivity index (χ1n) is 9.21. The van der Waals surface area contributed by atoms with Gasteiger partial charge in [0.25, 0.3) is 5.91 Å². The Balaban J connectivity index is 1.95. The summed E-state index contributed by atoms with van der Waals surface area (Å²) in [6, 6.07) is 0. The van der Waals surface area contributed by atoms with E-state index in [2.05, 4.69) is 5.32 Å². The molecule has 1 heterocycles. The van der Waals surface area contributed by atoms with E-state index in [9.17, 15) is 14.4 Å². The van der Waals surface area contributed by atoms with Gasteiger partial charge >= 0.3 is 11.9 Å². The summed E-state index contributed by atoms with van der Waals surface area (Å²) in [7, 11) is 0. The maximum absolute atomic E-state index is 12.2. The number of carbonyl (C=O) groups excluding carboxylic acids is 3. The molecule has 144 valence electrons. The van der Waals surface area contributed by atoms with E-state index in [1.807, 2.05) is 13.8 Å². The van der Waals surface area contributed by atoms with Crippen molar-refractivity contribution in [3.63, 3.8) is 0 Å². The maximum Gasteiger partial charge on any atom is 0.341 e. The van der Waals surface area contributed by atoms with Crippen molar-refractivity contribution >= 4 is 34.2 Å². The average Bonchev–Trinajstić information content (AvgIpc) is 3.21. The Morgan fingerprint density at radius 1 is 1.15 bits per heavy atom. The van der Waals surface area contributed by atoms with Gasteiger partial charge in [-0.1, -0.05) is 19.8 Å². The standard InChI is InChI=1S/C19H27NO5S/c1-4-14-12(3)17(19(23)24-5-2)18(26-14)20-15(21)11-25-16(22)10-13-8-6-7-9-13/h13H,4-11H2,1-3H3,(H,20,21). The van der Waals surface area contributed by atoms with Crippen LogP contribution in [0.4, 0.5) is 5.00 Å². The van der Waals surface area contributed by atoms with Crippen molar-refractivity contribution in [3.8, 4) is 0 Å². The Morgan fingerprint density at radius 3 is 2.46 bits per heavy atom. The van der Waals surface area contributed by atoms with Crippen LogP contribution in [0.2, 0.25) is 0 Å². The maximum atomic E-state index is 12.2. The number of esters is 2. The molecule has 0 aromatic carbocycles. The van der Waals surface area contributed by atoms with Crippen molar-refractivity contribution in [1.29, 1.82) is 0 Å². The van der Waals surface area contributed by atoms with Crippen LogP contribution in [0.15, 0.2) is 0 Å². The van der Waals surface area contributed by atoms with Crippen molar-refractivity contribution in [2.75, 3.05) is 18.5 Å². The first-order chi connectivity index (χ1) is 12.5. The van der Waals surface area contributed by atoms with Crippen LogP contribution < -0.4 is 5.32 Å². The fraction of sp³-hybridized carbons (Fsp3) is 0.632. The van der Waals surface area contributed by atoms with Gasteiger partial charge in [0.1, 0.15) is 5.00 Å². The Kier molecular flexibility index (Phi) is 7.63. The number of nitrogens with one attached hydrogen (secondary N) is 1. The third-order valence-electron chi connectivity index (χ3n) is 4.59. The number of rotatable bonds is 8. The summed E-state index contributed by atoms with van der Waals surface area (Å²) in [5.41, 5.74) is 1.21. The van der Waals surface area contributed by atoms with Crippen LogP contribution in [0.25, 0.3) is 0 Å². The van der Waals surface area contributed by atoms with Gasteiger partial charge in [-0.15, -0.1) is 11.3 Å². The molecule has 1 aromatic heterocycles. The molecule has 1 amide bonds. The molecule has 7 heteroatoms. The lowest BCUT2D eigenvalue weighted by molar-refractivity contribution is -0.148. The summed E-state index contributed by atoms with van der Waals surface area (Å²) in [4.78, 5) is 37.2. The van der Waals surface area contributed by atoms with Crippen LogP contribution in [0, 0.1) is 12.8 Å². The molecule has 0 aliphatic heterocycles. The minimum Gasteiger partial charge on any atom is -0.462 e. The van der Waals surface area contributed by atoms with Gasteiger partial charge in [-0.25, -0.2) is 4.79 Å². The third kappa shape index (κ3) is 5.30. The largest absolute Gasteiger partial charge is 0.462 e. The predicted octanol–water partition coefficient (Wildman–Crippen LogP) is 3.86. The summed E-state index contributed by atoms with van der Waals surface area (Å²) >= 11 is 1.36. The van der Waals surface area contributed by atoms with Crippen LogP contribution in [0.3, 0.4) is 0 Å². The van der Waals surface area contributed by atoms with E-state index in [1.165, 1.54) is 11.3 Å². The molecule has 1 aliphatic rings. The van der Waals surface area contributed by atoms with Crippen LogP contribution in [-0.4, -0.2) is 31.1 Å². The zero-order valence-corrected chi connectivity index (χ0v) is 16.5. The predicted molar refractivity (Wildman–Crippen MR) is 101 cm³/mol. The second kappa shape index (κ2) is 9.71. The van der Waals surface area contributed by atoms with Crippen LogP contribution in [0.1, 0.15) is 66.8 Å². The molecule has 2 rings (SSSR count). The van der Waals surface area contributed by atoms with Gasteiger partial charge in [0.2, 0.25) is 0 Å². The highest BCUT2D eigenvalue weighted by Crippen LogP contribution is 2.34. The molecule has 0 atom stereocenters. The Labute approximate surface area is 158 Å². The summed E-state index contributed by atoms with van der Waals surface area (Å²) in [6.07, 6.45) is 5.56. The molecule has 26 heavy (non-hydrogen) atoms. The van der Waals surface area contributed by atoms with Crippen LogP contribution >= 0.6 is 11.3 Å². The second-order valence-corrected chi connectivity index (χ2v) is 7.60. The Hall–Kier alpha value is -1.89. The van der Waals surface area contributed by atoms with Gasteiger partial charge in [0.05, 0.1) is 12.2 Å². The van der Waals surface area contributed by atoms with Crippen molar-refractivity contribution < 1.29 is 23.9 Å². The molecule has 0 bridgehead atoms. The Morgan fingerprint density at radius 2 is 1.85 bits per heavy atom. The number of hydrogen-bond acceptors (Lipinski definition) is 6. The molecule has 6 nitrogen and oxygen atoms in total. The number of carbonyl (C=O) groups is 3. The van der Waals surface area contributed by atoms with Crippen LogP contribution in [-0.2, 0) is 25.5 Å². The number of thiophene rings is 1. The van der Waals surface area contributed by atoms with E-state index >= 15 is 0 Å². The second-order valence-electron chi connectivity index (χ2n) is 6.49. The first kappa shape index (κ1) is 20.4. The normalized spacial score (nSPS) is 14.3. The number of hydrogen-bond donors (Lipinski definition) is 1. The molecule has 0 spiro atoms. The number of aryl methyl sites for hydroxylation is 1. The molecule has 0 saturated heterocycles. The highest BCUT2D eigenvalue weighted by molar-refractivity contribution is 7.17. The highest BCUT2D eigenvalue weighted by atomic mass is 32.1. The van der Waals surface area contributed by atoms with Crippen molar-refractivity contribution in [1.82, 2.24) is 0 Å². The van der Waals surface area contributed by atoms with Gasteiger partial charge in [-0.3, -0.25) is 9.59 Å². The van der Waals surface area contributed by atoms with E-state index in [-0.39, 0.29) is 19.2 Å². The first-order valence-corrected chi connectivity index (χ1v) is 10.0. The molecule has 0 unspecified atom stereocenters. The van der Waals surface area contributed by atoms with Crippen molar-refractivity contribution in [2.45, 2.75) is 59.3 Å². The lowest BCUT2D eigenvalue weighted by Gasteiger charge is -2.10. The molecule has 1 N–H and O–H groups in total. The summed E-state index contributed by atoms with van der Waals surface area (Å²) in [6.45, 7) is 5.50. The zero-order valence-electron chi connectivity index (χ0n) is 15.7. The minimum absolute atomic E-state index is 0.266. The number of ether oxygens (including phenoxy) is 2. The monoisotopic (exact) mass is 381 g/mol. The molecular formula is C19H27NO5S. The number of amides is 1. The lowest BCUT2D eigenvalue weighted by atomic mass is 10.1. The fourth-order valence-corrected chi connectivity index (χ4v) is 4.40. The lowest BCUT2D eigenvalue weighted by Crippen LogP contribution is -2.22. The van der Waals surface area contributed by atoms with E-state index in [0.717, 1.165) is 42.5 Å². The fourth-order valence-electron chi connectivity index (χ4n) is 3.25. The minimum atomic E-state index is -0.450. The summed E-state index contributed by atoms with van der Waals surface area (Å²) in [5, 5.41) is 3.15. The SMILES string of the molecule is CCOC(=O)c1c(NC(=O)COC(=O)CC2CCCC2)sc(CC)c1C. The summed E-state index contributed by atoms with van der Waals surface area (Å²) in [5.74, 6) is -0.851. The quantitative estimate of drug-likeness (QED) is 0.692. The van der Waals surface area contributed by atoms with Gasteiger partial charge in [-0.05, 0) is 44.6 Å². The van der Waals surface area contributed by atoms with Crippen LogP contribution in [0.5, 0.6) is 0 Å². The highest BCUT2D eigenvalue weighted by Gasteiger charge is 2.24. The molecule has 1 fully saturated rings. The van der Waals surface area contributed by atoms with Gasteiger partial charge in [0, 0.05) is 11.3 Å². The molecular weight excluding hydrogens is 354 g/mol. The average molecular weight is 381 g/mol. The molecule has 0 radical (unpaired) electrons. The molecule has 1 aromatic rings. The van der Waals surface area contributed by atoms with E-state index in [0.29, 0.717) is 22.9 Å². The zero-order chi connectivity index (χ0) is 19.1. The Bertz CT molecular complexity index is 661. The third-order valence-corrected chi connectivity index (χ3v) is 5.95. The summed E-state index contributed by atoms with van der Waals surface area (Å²) < 4.78 is 10.2. The van der Waals surface area contributed by atoms with E-state index in [4.69, 9.17) is 9.47 Å². The number of anilines is 1. The molecule has 1 aliphatic carbocycles. The topological polar surface area (TPSA) is 81.7 Å². The van der Waals surface area contributed by atoms with Gasteiger partial charge < -0.3 is 14.8 Å². The van der Waals surface area contributed by atoms with E-state index < -0.39 is 11.9 Å². The van der Waals surface area contributed by atoms with E-state index in [1.54, 1.807) is 6.92 Å². The molecule has 1 saturated carbocycles. The van der Waals surface area contributed by atoms with Crippen molar-refractivity contribution in [2.24, 2.45) is 5.92 Å². The smallest absolute Gasteiger partial charge is 0.341 e.